The highest BCUT2D eigenvalue weighted by Crippen LogP contribution is 2.24. The Morgan fingerprint density at radius 1 is 1.12 bits per heavy atom. The van der Waals surface area contributed by atoms with Gasteiger partial charge < -0.3 is 14.4 Å². The van der Waals surface area contributed by atoms with Gasteiger partial charge in [-0.3, -0.25) is 4.90 Å². The van der Waals surface area contributed by atoms with Gasteiger partial charge in [-0.1, -0.05) is 49.6 Å². The second-order valence-electron chi connectivity index (χ2n) is 7.49. The van der Waals surface area contributed by atoms with E-state index < -0.39 is 6.10 Å². The van der Waals surface area contributed by atoms with Crippen LogP contribution >= 0.6 is 0 Å². The number of aliphatic hydroxyl groups excluding tert-OH is 1. The number of ether oxygens (including phenoxy) is 1. The number of nitrogens with zero attached hydrogens (tertiary/aromatic N) is 2. The number of benzene rings is 1. The summed E-state index contributed by atoms with van der Waals surface area (Å²) in [5.74, 6) is 0. The van der Waals surface area contributed by atoms with Gasteiger partial charge in [0.1, 0.15) is 0 Å². The number of hydrogen-bond acceptors (Lipinski definition) is 3. The Hall–Kier alpha value is -1.62. The first-order chi connectivity index (χ1) is 12.7. The van der Waals surface area contributed by atoms with E-state index in [1.165, 1.54) is 37.8 Å². The summed E-state index contributed by atoms with van der Waals surface area (Å²) in [5.41, 5.74) is 2.45. The predicted octanol–water partition coefficient (Wildman–Crippen LogP) is 3.74. The zero-order valence-electron chi connectivity index (χ0n) is 15.9. The molecule has 0 amide bonds. The number of hydrogen-bond donors (Lipinski definition) is 1. The monoisotopic (exact) mass is 356 g/mol. The van der Waals surface area contributed by atoms with Gasteiger partial charge in [0, 0.05) is 38.1 Å². The minimum Gasteiger partial charge on any atom is -0.389 e. The SMILES string of the molecule is Cn1cccc1CN(CC(O)COCc1ccccc1)C1CCCCC1. The molecule has 0 radical (unpaired) electrons. The molecule has 1 saturated carbocycles. The Labute approximate surface area is 157 Å². The molecule has 4 nitrogen and oxygen atoms in total. The lowest BCUT2D eigenvalue weighted by molar-refractivity contribution is -0.00381. The highest BCUT2D eigenvalue weighted by molar-refractivity contribution is 5.13. The molecule has 1 aliphatic rings. The van der Waals surface area contributed by atoms with Crippen molar-refractivity contribution in [1.29, 1.82) is 0 Å². The fourth-order valence-corrected chi connectivity index (χ4v) is 3.87. The molecule has 1 aromatic heterocycles. The largest absolute Gasteiger partial charge is 0.389 e. The maximum Gasteiger partial charge on any atom is 0.0900 e. The number of aromatic nitrogens is 1. The van der Waals surface area contributed by atoms with Crippen LogP contribution in [0.25, 0.3) is 0 Å². The predicted molar refractivity (Wildman–Crippen MR) is 105 cm³/mol. The first-order valence-corrected chi connectivity index (χ1v) is 9.86. The van der Waals surface area contributed by atoms with Gasteiger partial charge >= 0.3 is 0 Å². The number of rotatable bonds is 9. The van der Waals surface area contributed by atoms with E-state index in [0.29, 0.717) is 25.8 Å². The molecule has 1 heterocycles. The van der Waals surface area contributed by atoms with E-state index in [4.69, 9.17) is 4.74 Å². The van der Waals surface area contributed by atoms with Crippen LogP contribution in [-0.2, 0) is 24.9 Å². The van der Waals surface area contributed by atoms with Crippen LogP contribution in [0, 0.1) is 0 Å². The summed E-state index contributed by atoms with van der Waals surface area (Å²) in [6.45, 7) is 2.50. The molecule has 1 aromatic carbocycles. The molecule has 142 valence electrons. The molecule has 26 heavy (non-hydrogen) atoms. The van der Waals surface area contributed by atoms with Gasteiger partial charge in [0.25, 0.3) is 0 Å². The van der Waals surface area contributed by atoms with Gasteiger partial charge in [0.15, 0.2) is 0 Å². The molecule has 1 atom stereocenters. The zero-order valence-corrected chi connectivity index (χ0v) is 15.9. The van der Waals surface area contributed by atoms with Gasteiger partial charge in [-0.05, 0) is 30.5 Å². The maximum atomic E-state index is 10.6. The molecule has 2 aromatic rings. The summed E-state index contributed by atoms with van der Waals surface area (Å²) in [7, 11) is 2.09. The van der Waals surface area contributed by atoms with Crippen LogP contribution < -0.4 is 0 Å². The smallest absolute Gasteiger partial charge is 0.0900 e. The Kier molecular flexibility index (Phi) is 7.30. The Bertz CT molecular complexity index is 635. The molecule has 1 fully saturated rings. The first kappa shape index (κ1) is 19.2. The average Bonchev–Trinajstić information content (AvgIpc) is 3.07. The standard InChI is InChI=1S/C22H32N2O2/c1-23-14-8-13-21(23)15-24(20-11-6-3-7-12-20)16-22(25)18-26-17-19-9-4-2-5-10-19/h2,4-5,8-10,13-14,20,22,25H,3,6-7,11-12,15-18H2,1H3. The Morgan fingerprint density at radius 3 is 2.58 bits per heavy atom. The maximum absolute atomic E-state index is 10.6. The lowest BCUT2D eigenvalue weighted by atomic mass is 9.94. The lowest BCUT2D eigenvalue weighted by Crippen LogP contribution is -2.42. The summed E-state index contributed by atoms with van der Waals surface area (Å²) in [4.78, 5) is 2.46. The first-order valence-electron chi connectivity index (χ1n) is 9.86. The quantitative estimate of drug-likeness (QED) is 0.744. The number of aryl methyl sites for hydroxylation is 1. The second-order valence-corrected chi connectivity index (χ2v) is 7.49. The summed E-state index contributed by atoms with van der Waals surface area (Å²) in [6, 6.07) is 15.0. The van der Waals surface area contributed by atoms with Crippen LogP contribution in [0.3, 0.4) is 0 Å². The molecule has 1 aliphatic carbocycles. The van der Waals surface area contributed by atoms with Gasteiger partial charge in [-0.2, -0.15) is 0 Å². The van der Waals surface area contributed by atoms with Crippen molar-refractivity contribution < 1.29 is 9.84 Å². The van der Waals surface area contributed by atoms with Crippen molar-refractivity contribution in [3.8, 4) is 0 Å². The van der Waals surface area contributed by atoms with E-state index in [2.05, 4.69) is 47.0 Å². The van der Waals surface area contributed by atoms with Crippen LogP contribution in [0.4, 0.5) is 0 Å². The van der Waals surface area contributed by atoms with Crippen LogP contribution in [0.2, 0.25) is 0 Å². The van der Waals surface area contributed by atoms with Crippen molar-refractivity contribution in [3.63, 3.8) is 0 Å². The number of aliphatic hydroxyl groups is 1. The van der Waals surface area contributed by atoms with E-state index in [1.54, 1.807) is 0 Å². The normalized spacial score (nSPS) is 16.9. The highest BCUT2D eigenvalue weighted by Gasteiger charge is 2.24. The lowest BCUT2D eigenvalue weighted by Gasteiger charge is -2.35. The van der Waals surface area contributed by atoms with Crippen molar-refractivity contribution in [2.45, 2.75) is 57.4 Å². The fourth-order valence-electron chi connectivity index (χ4n) is 3.87. The van der Waals surface area contributed by atoms with E-state index in [0.717, 1.165) is 12.1 Å². The Balaban J connectivity index is 1.52. The van der Waals surface area contributed by atoms with E-state index in [-0.39, 0.29) is 0 Å². The van der Waals surface area contributed by atoms with Crippen molar-refractivity contribution >= 4 is 0 Å². The molecule has 0 bridgehead atoms. The molecular weight excluding hydrogens is 324 g/mol. The van der Waals surface area contributed by atoms with Gasteiger partial charge in [-0.25, -0.2) is 0 Å². The van der Waals surface area contributed by atoms with E-state index in [9.17, 15) is 5.11 Å². The van der Waals surface area contributed by atoms with Crippen LogP contribution in [-0.4, -0.2) is 39.9 Å². The summed E-state index contributed by atoms with van der Waals surface area (Å²) in [6.07, 6.45) is 8.06. The van der Waals surface area contributed by atoms with Crippen LogP contribution in [0.15, 0.2) is 48.7 Å². The highest BCUT2D eigenvalue weighted by atomic mass is 16.5. The second kappa shape index (κ2) is 9.91. The molecular formula is C22H32N2O2. The van der Waals surface area contributed by atoms with E-state index in [1.807, 2.05) is 18.2 Å². The topological polar surface area (TPSA) is 37.6 Å². The molecule has 4 heteroatoms. The van der Waals surface area contributed by atoms with Crippen molar-refractivity contribution in [1.82, 2.24) is 9.47 Å². The van der Waals surface area contributed by atoms with Crippen molar-refractivity contribution in [2.24, 2.45) is 7.05 Å². The fraction of sp³-hybridized carbons (Fsp3) is 0.545. The van der Waals surface area contributed by atoms with Crippen LogP contribution in [0.1, 0.15) is 43.4 Å². The third-order valence-electron chi connectivity index (χ3n) is 5.37. The van der Waals surface area contributed by atoms with Crippen molar-refractivity contribution in [2.75, 3.05) is 13.2 Å². The molecule has 0 saturated heterocycles. The average molecular weight is 357 g/mol. The molecule has 1 unspecified atom stereocenters. The van der Waals surface area contributed by atoms with Gasteiger partial charge in [0.2, 0.25) is 0 Å². The van der Waals surface area contributed by atoms with Crippen molar-refractivity contribution in [3.05, 3.63) is 59.9 Å². The summed E-state index contributed by atoms with van der Waals surface area (Å²) < 4.78 is 7.92. The Morgan fingerprint density at radius 2 is 1.88 bits per heavy atom. The molecule has 3 rings (SSSR count). The van der Waals surface area contributed by atoms with Gasteiger partial charge in [-0.15, -0.1) is 0 Å². The third kappa shape index (κ3) is 5.70. The third-order valence-corrected chi connectivity index (χ3v) is 5.37. The van der Waals surface area contributed by atoms with Crippen LogP contribution in [0.5, 0.6) is 0 Å². The molecule has 0 spiro atoms. The molecule has 1 N–H and O–H groups in total. The van der Waals surface area contributed by atoms with E-state index >= 15 is 0 Å². The minimum atomic E-state index is -0.457. The minimum absolute atomic E-state index is 0.380. The summed E-state index contributed by atoms with van der Waals surface area (Å²) >= 11 is 0. The molecule has 0 aliphatic heterocycles. The zero-order chi connectivity index (χ0) is 18.2. The van der Waals surface area contributed by atoms with Gasteiger partial charge in [0.05, 0.1) is 19.3 Å². The summed E-state index contributed by atoms with van der Waals surface area (Å²) in [5, 5.41) is 10.6.